The summed E-state index contributed by atoms with van der Waals surface area (Å²) in [5, 5.41) is 12.2. The minimum absolute atomic E-state index is 0.303. The van der Waals surface area contributed by atoms with Crippen LogP contribution in [0, 0.1) is 29.1 Å². The fourth-order valence-electron chi connectivity index (χ4n) is 5.53. The van der Waals surface area contributed by atoms with Crippen molar-refractivity contribution in [1.82, 2.24) is 10.2 Å². The quantitative estimate of drug-likeness (QED) is 0.721. The maximum absolute atomic E-state index is 11.9. The van der Waals surface area contributed by atoms with Crippen molar-refractivity contribution in [2.45, 2.75) is 64.4 Å². The normalized spacial score (nSPS) is 27.6. The minimum atomic E-state index is -0.443. The highest BCUT2D eigenvalue weighted by molar-refractivity contribution is 5.67. The molecule has 2 aliphatic heterocycles. The summed E-state index contributed by atoms with van der Waals surface area (Å²) in [6.45, 7) is 10.5. The van der Waals surface area contributed by atoms with E-state index in [4.69, 9.17) is 9.47 Å². The Morgan fingerprint density at radius 3 is 2.69 bits per heavy atom. The van der Waals surface area contributed by atoms with Gasteiger partial charge >= 0.3 is 6.09 Å². The highest BCUT2D eigenvalue weighted by Crippen LogP contribution is 2.42. The average molecular weight is 440 g/mol. The van der Waals surface area contributed by atoms with Crippen LogP contribution in [0.2, 0.25) is 0 Å². The number of amides is 1. The zero-order valence-corrected chi connectivity index (χ0v) is 19.7. The molecule has 0 bridgehead atoms. The monoisotopic (exact) mass is 439 g/mol. The predicted octanol–water partition coefficient (Wildman–Crippen LogP) is 4.69. The zero-order chi connectivity index (χ0) is 22.7. The first-order valence-corrected chi connectivity index (χ1v) is 12.2. The zero-order valence-electron chi connectivity index (χ0n) is 19.7. The Kier molecular flexibility index (Phi) is 6.95. The van der Waals surface area contributed by atoms with Gasteiger partial charge in [0.05, 0.1) is 18.2 Å². The Hall–Kier alpha value is -2.26. The number of nitriles is 1. The molecule has 32 heavy (non-hydrogen) atoms. The van der Waals surface area contributed by atoms with Gasteiger partial charge in [-0.1, -0.05) is 12.8 Å². The molecular weight excluding hydrogens is 402 g/mol. The summed E-state index contributed by atoms with van der Waals surface area (Å²) in [6.07, 6.45) is 5.81. The molecule has 0 unspecified atom stereocenters. The molecule has 0 aromatic heterocycles. The van der Waals surface area contributed by atoms with Crippen LogP contribution in [-0.4, -0.2) is 49.4 Å². The highest BCUT2D eigenvalue weighted by atomic mass is 16.6. The van der Waals surface area contributed by atoms with Crippen LogP contribution in [0.5, 0.6) is 5.75 Å². The summed E-state index contributed by atoms with van der Waals surface area (Å²) in [6, 6.07) is 8.11. The lowest BCUT2D eigenvalue weighted by molar-refractivity contribution is 0.0513. The smallest absolute Gasteiger partial charge is 0.407 e. The van der Waals surface area contributed by atoms with Crippen LogP contribution in [-0.2, 0) is 4.74 Å². The van der Waals surface area contributed by atoms with Crippen LogP contribution in [0.15, 0.2) is 18.2 Å². The van der Waals surface area contributed by atoms with Crippen molar-refractivity contribution in [3.63, 3.8) is 0 Å². The second kappa shape index (κ2) is 9.70. The highest BCUT2D eigenvalue weighted by Gasteiger charge is 2.39. The number of likely N-dealkylation sites (tertiary alicyclic amines) is 1. The van der Waals surface area contributed by atoms with E-state index in [2.05, 4.69) is 16.3 Å². The van der Waals surface area contributed by atoms with Crippen LogP contribution in [0.25, 0.3) is 0 Å². The number of fused-ring (bicyclic) bond motifs is 3. The molecule has 2 fully saturated rings. The second-order valence-corrected chi connectivity index (χ2v) is 10.9. The molecule has 1 amide bonds. The number of nitrogens with one attached hydrogen (secondary N) is 1. The van der Waals surface area contributed by atoms with E-state index >= 15 is 0 Å². The van der Waals surface area contributed by atoms with Gasteiger partial charge in [0.25, 0.3) is 0 Å². The molecule has 0 spiro atoms. The van der Waals surface area contributed by atoms with E-state index in [0.29, 0.717) is 17.8 Å². The number of hydrogen-bond donors (Lipinski definition) is 1. The summed E-state index contributed by atoms with van der Waals surface area (Å²) >= 11 is 0. The fraction of sp³-hybridized carbons (Fsp3) is 0.692. The molecule has 2 atom stereocenters. The molecule has 6 heteroatoms. The number of rotatable bonds is 5. The van der Waals surface area contributed by atoms with Crippen LogP contribution >= 0.6 is 0 Å². The molecule has 1 aliphatic carbocycles. The van der Waals surface area contributed by atoms with Gasteiger partial charge in [-0.15, -0.1) is 0 Å². The lowest BCUT2D eigenvalue weighted by Gasteiger charge is -2.30. The van der Waals surface area contributed by atoms with E-state index in [1.165, 1.54) is 37.7 Å². The van der Waals surface area contributed by atoms with Gasteiger partial charge < -0.3 is 19.7 Å². The molecule has 6 nitrogen and oxygen atoms in total. The second-order valence-electron chi connectivity index (χ2n) is 10.9. The standard InChI is InChI=1S/C26H37N3O3/c1-26(2,3)32-25(30)28-14-19-6-4-18(5-7-19)10-11-29-15-21-17-31-24-9-8-20(13-27)12-22(24)23(21)16-29/h8-9,12,18-19,21,23H,4-7,10-11,14-17H2,1-3H3,(H,28,30)/t18?,19?,21-,23+/m0/s1. The maximum Gasteiger partial charge on any atom is 0.407 e. The van der Waals surface area contributed by atoms with Crippen molar-refractivity contribution in [2.75, 3.05) is 32.8 Å². The van der Waals surface area contributed by atoms with Crippen LogP contribution in [0.3, 0.4) is 0 Å². The van der Waals surface area contributed by atoms with E-state index in [0.717, 1.165) is 50.0 Å². The Bertz CT molecular complexity index is 849. The van der Waals surface area contributed by atoms with Crippen LogP contribution in [0.4, 0.5) is 4.79 Å². The van der Waals surface area contributed by atoms with E-state index in [1.54, 1.807) is 0 Å². The summed E-state index contributed by atoms with van der Waals surface area (Å²) in [4.78, 5) is 14.5. The van der Waals surface area contributed by atoms with E-state index in [9.17, 15) is 10.1 Å². The van der Waals surface area contributed by atoms with Gasteiger partial charge in [-0.3, -0.25) is 0 Å². The SMILES string of the molecule is CC(C)(C)OC(=O)NCC1CCC(CCN2C[C@H]3COc4ccc(C#N)cc4[C@@H]3C2)CC1. The number of ether oxygens (including phenoxy) is 2. The van der Waals surface area contributed by atoms with Gasteiger partial charge in [0.15, 0.2) is 0 Å². The summed E-state index contributed by atoms with van der Waals surface area (Å²) < 4.78 is 11.3. The number of carbonyl (C=O) groups excluding carboxylic acids is 1. The van der Waals surface area contributed by atoms with Gasteiger partial charge in [-0.25, -0.2) is 4.79 Å². The van der Waals surface area contributed by atoms with Gasteiger partial charge in [0, 0.05) is 37.0 Å². The lowest BCUT2D eigenvalue weighted by atomic mass is 9.80. The number of nitrogens with zero attached hydrogens (tertiary/aromatic N) is 2. The topological polar surface area (TPSA) is 74.6 Å². The molecule has 1 aromatic rings. The number of alkyl carbamates (subject to hydrolysis) is 1. The number of hydrogen-bond acceptors (Lipinski definition) is 5. The first kappa shape index (κ1) is 22.9. The number of benzene rings is 1. The predicted molar refractivity (Wildman–Crippen MR) is 124 cm³/mol. The van der Waals surface area contributed by atoms with Crippen molar-refractivity contribution >= 4 is 6.09 Å². The Morgan fingerprint density at radius 2 is 1.97 bits per heavy atom. The lowest BCUT2D eigenvalue weighted by Crippen LogP contribution is -2.36. The fourth-order valence-corrected chi connectivity index (χ4v) is 5.53. The third-order valence-electron chi connectivity index (χ3n) is 7.26. The van der Waals surface area contributed by atoms with Gasteiger partial charge in [0.1, 0.15) is 11.4 Å². The molecule has 0 radical (unpaired) electrons. The molecule has 1 N–H and O–H groups in total. The third kappa shape index (κ3) is 5.75. The summed E-state index contributed by atoms with van der Waals surface area (Å²) in [7, 11) is 0. The van der Waals surface area contributed by atoms with Crippen LogP contribution in [0.1, 0.15) is 69.9 Å². The van der Waals surface area contributed by atoms with Crippen LogP contribution < -0.4 is 10.1 Å². The number of carbonyl (C=O) groups is 1. The molecule has 1 aromatic carbocycles. The van der Waals surface area contributed by atoms with Gasteiger partial charge in [-0.05, 0) is 76.6 Å². The molecular formula is C26H37N3O3. The Balaban J connectivity index is 1.19. The molecule has 1 saturated carbocycles. The maximum atomic E-state index is 11.9. The Labute approximate surface area is 192 Å². The molecule has 174 valence electrons. The summed E-state index contributed by atoms with van der Waals surface area (Å²) in [5.74, 6) is 3.33. The third-order valence-corrected chi connectivity index (χ3v) is 7.26. The van der Waals surface area contributed by atoms with E-state index in [1.807, 2.05) is 39.0 Å². The van der Waals surface area contributed by atoms with Crippen molar-refractivity contribution in [3.05, 3.63) is 29.3 Å². The Morgan fingerprint density at radius 1 is 1.22 bits per heavy atom. The van der Waals surface area contributed by atoms with Gasteiger partial charge in [0.2, 0.25) is 0 Å². The largest absolute Gasteiger partial charge is 0.493 e. The van der Waals surface area contributed by atoms with Gasteiger partial charge in [-0.2, -0.15) is 5.26 Å². The van der Waals surface area contributed by atoms with E-state index in [-0.39, 0.29) is 6.09 Å². The first-order valence-electron chi connectivity index (χ1n) is 12.2. The van der Waals surface area contributed by atoms with Crippen molar-refractivity contribution < 1.29 is 14.3 Å². The minimum Gasteiger partial charge on any atom is -0.493 e. The summed E-state index contributed by atoms with van der Waals surface area (Å²) in [5.41, 5.74) is 1.51. The average Bonchev–Trinajstić information content (AvgIpc) is 3.19. The first-order chi connectivity index (χ1) is 15.3. The molecule has 2 heterocycles. The molecule has 3 aliphatic rings. The molecule has 4 rings (SSSR count). The van der Waals surface area contributed by atoms with Crippen molar-refractivity contribution in [1.29, 1.82) is 5.26 Å². The molecule has 1 saturated heterocycles. The van der Waals surface area contributed by atoms with Crippen molar-refractivity contribution in [2.24, 2.45) is 17.8 Å². The van der Waals surface area contributed by atoms with E-state index < -0.39 is 5.60 Å². The van der Waals surface area contributed by atoms with Crippen molar-refractivity contribution in [3.8, 4) is 11.8 Å².